The number of para-hydroxylation sites is 3. The van der Waals surface area contributed by atoms with Gasteiger partial charge in [0.15, 0.2) is 0 Å². The molecule has 8 heteroatoms. The van der Waals surface area contributed by atoms with E-state index < -0.39 is 19.8 Å². The summed E-state index contributed by atoms with van der Waals surface area (Å²) in [7, 11) is -2.79. The Kier molecular flexibility index (Phi) is 6.73. The molecule has 7 aromatic carbocycles. The monoisotopic (exact) mass is 701 g/mol. The topological polar surface area (TPSA) is 12.5 Å². The number of benzene rings is 7. The van der Waals surface area contributed by atoms with Crippen LogP contribution in [0.25, 0.3) is 0 Å². The summed E-state index contributed by atoms with van der Waals surface area (Å²) in [6, 6.07) is 55.4. The van der Waals surface area contributed by atoms with Crippen LogP contribution < -0.4 is 46.8 Å². The fourth-order valence-electron chi connectivity index (χ4n) is 8.43. The lowest BCUT2D eigenvalue weighted by Gasteiger charge is -2.54. The van der Waals surface area contributed by atoms with Crippen LogP contribution in [0.1, 0.15) is 5.56 Å². The highest BCUT2D eigenvalue weighted by atomic mass is 32.2. The lowest BCUT2D eigenvalue weighted by Crippen LogP contribution is -2.77. The Bertz CT molecular complexity index is 2400. The molecule has 0 saturated heterocycles. The van der Waals surface area contributed by atoms with Gasteiger partial charge in [-0.1, -0.05) is 139 Å². The van der Waals surface area contributed by atoms with Gasteiger partial charge in [0.05, 0.1) is 11.3 Å². The second-order valence-corrected chi connectivity index (χ2v) is 17.9. The van der Waals surface area contributed by atoms with Gasteiger partial charge in [0.25, 0.3) is 6.71 Å². The molecule has 0 spiro atoms. The van der Waals surface area contributed by atoms with Gasteiger partial charge in [0.1, 0.15) is 11.5 Å². The third kappa shape index (κ3) is 4.46. The quantitative estimate of drug-likeness (QED) is 0.185. The van der Waals surface area contributed by atoms with E-state index in [1.165, 1.54) is 44.6 Å². The van der Waals surface area contributed by atoms with E-state index in [-0.39, 0.29) is 6.71 Å². The Morgan fingerprint density at radius 1 is 0.549 bits per heavy atom. The molecule has 245 valence electrons. The van der Waals surface area contributed by atoms with Crippen LogP contribution in [0.15, 0.2) is 174 Å². The number of hydrogen-bond donors (Lipinski definition) is 0. The van der Waals surface area contributed by atoms with Crippen LogP contribution in [0.3, 0.4) is 0 Å². The predicted octanol–water partition coefficient (Wildman–Crippen LogP) is 6.95. The highest BCUT2D eigenvalue weighted by Gasteiger charge is 2.43. The highest BCUT2D eigenvalue weighted by molar-refractivity contribution is 8.00. The minimum atomic E-state index is -4.44. The number of rotatable bonds is 3. The second kappa shape index (κ2) is 11.3. The zero-order valence-electron chi connectivity index (χ0n) is 27.1. The summed E-state index contributed by atoms with van der Waals surface area (Å²) >= 11 is 1.51. The first-order valence-corrected chi connectivity index (χ1v) is 19.7. The van der Waals surface area contributed by atoms with Crippen molar-refractivity contribution in [3.63, 3.8) is 0 Å². The lowest BCUT2D eigenvalue weighted by molar-refractivity contribution is -0.137. The zero-order valence-corrected chi connectivity index (χ0v) is 28.9. The highest BCUT2D eigenvalue weighted by Crippen LogP contribution is 2.45. The third-order valence-corrected chi connectivity index (χ3v) is 16.5. The van der Waals surface area contributed by atoms with Gasteiger partial charge in [0, 0.05) is 27.2 Å². The zero-order chi connectivity index (χ0) is 34.3. The maximum atomic E-state index is 14.0. The van der Waals surface area contributed by atoms with Gasteiger partial charge in [0.2, 0.25) is 0 Å². The van der Waals surface area contributed by atoms with Crippen molar-refractivity contribution in [3.8, 4) is 11.5 Å². The molecule has 0 aliphatic carbocycles. The van der Waals surface area contributed by atoms with Crippen LogP contribution in [0, 0.1) is 0 Å². The maximum absolute atomic E-state index is 14.0. The molecule has 0 saturated carbocycles. The molecular weight excluding hydrogens is 674 g/mol. The average Bonchev–Trinajstić information content (AvgIpc) is 3.16. The molecule has 0 aromatic heterocycles. The van der Waals surface area contributed by atoms with Crippen molar-refractivity contribution in [3.05, 3.63) is 169 Å². The van der Waals surface area contributed by atoms with Crippen molar-refractivity contribution in [1.82, 2.24) is 0 Å². The van der Waals surface area contributed by atoms with Crippen LogP contribution in [0.2, 0.25) is 0 Å². The Balaban J connectivity index is 1.22. The molecule has 10 rings (SSSR count). The van der Waals surface area contributed by atoms with Gasteiger partial charge in [-0.15, -0.1) is 10.4 Å². The van der Waals surface area contributed by atoms with E-state index in [1.807, 2.05) is 24.3 Å². The number of alkyl halides is 3. The van der Waals surface area contributed by atoms with Gasteiger partial charge >= 0.3 is 6.18 Å². The second-order valence-electron chi connectivity index (χ2n) is 13.1. The summed E-state index contributed by atoms with van der Waals surface area (Å²) in [6.07, 6.45) is -4.44. The molecule has 0 fully saturated rings. The van der Waals surface area contributed by atoms with Crippen molar-refractivity contribution in [2.24, 2.45) is 0 Å². The Hall–Kier alpha value is -5.44. The summed E-state index contributed by atoms with van der Waals surface area (Å²) in [5.74, 6) is 1.32. The molecule has 3 aliphatic rings. The smallest absolute Gasteiger partial charge is 0.416 e. The minimum Gasteiger partial charge on any atom is -0.458 e. The van der Waals surface area contributed by atoms with Crippen molar-refractivity contribution in [2.75, 3.05) is 4.90 Å². The summed E-state index contributed by atoms with van der Waals surface area (Å²) < 4.78 is 48.7. The Morgan fingerprint density at radius 3 is 1.78 bits per heavy atom. The Morgan fingerprint density at radius 2 is 1.14 bits per heavy atom. The molecule has 7 aromatic rings. The predicted molar refractivity (Wildman–Crippen MR) is 205 cm³/mol. The van der Waals surface area contributed by atoms with Crippen molar-refractivity contribution >= 4 is 80.7 Å². The molecule has 0 atom stereocenters. The first-order chi connectivity index (χ1) is 24.9. The van der Waals surface area contributed by atoms with Crippen LogP contribution in [0.4, 0.5) is 30.2 Å². The normalized spacial score (nSPS) is 14.7. The number of hydrogen-bond acceptors (Lipinski definition) is 3. The van der Waals surface area contributed by atoms with Gasteiger partial charge in [-0.2, -0.15) is 23.5 Å². The molecular formula is C43H27BF3NOSSi-. The first-order valence-electron chi connectivity index (χ1n) is 16.9. The van der Waals surface area contributed by atoms with E-state index >= 15 is 0 Å². The average molecular weight is 702 g/mol. The number of fused-ring (bicyclic) bond motifs is 6. The van der Waals surface area contributed by atoms with Crippen LogP contribution in [-0.4, -0.2) is 14.8 Å². The molecule has 0 unspecified atom stereocenters. The van der Waals surface area contributed by atoms with E-state index in [9.17, 15) is 13.2 Å². The summed E-state index contributed by atoms with van der Waals surface area (Å²) in [6.45, 7) is -0.385. The molecule has 3 heterocycles. The summed E-state index contributed by atoms with van der Waals surface area (Å²) in [5.41, 5.74) is 4.94. The fraction of sp³-hybridized carbons (Fsp3) is 0.0233. The molecule has 2 nitrogen and oxygen atoms in total. The standard InChI is InChI=1S/C43H27BF3NOSSi/c45-43(46,47)28-23-24-38-33(25-28)44-32-17-7-10-20-36(32)49-37-26-29(27-39(50-38)42(37)44)48-34-18-8-11-21-40(34)51(30-13-3-1-4-14-30,31-15-5-2-6-16-31)41-22-12-9-19-35(41)48/h1-27H/q-1. The number of halogens is 3. The molecule has 3 aliphatic heterocycles. The molecule has 0 amide bonds. The first kappa shape index (κ1) is 30.4. The van der Waals surface area contributed by atoms with Gasteiger partial charge in [-0.25, -0.2) is 0 Å². The maximum Gasteiger partial charge on any atom is 0.416 e. The molecule has 0 bridgehead atoms. The largest absolute Gasteiger partial charge is 0.458 e. The van der Waals surface area contributed by atoms with Crippen LogP contribution >= 0.6 is 11.8 Å². The van der Waals surface area contributed by atoms with Gasteiger partial charge in [-0.05, 0) is 55.4 Å². The van der Waals surface area contributed by atoms with Crippen molar-refractivity contribution in [2.45, 2.75) is 16.0 Å². The SMILES string of the molecule is FC(F)(F)c1ccc2c(c1)B1c3ccccc3Oc3cc(N4c5ccccc5[Si-](c5ccccc5)(c5ccccc5)c5ccccc54)cc(c31)S2. The van der Waals surface area contributed by atoms with Crippen molar-refractivity contribution in [1.29, 1.82) is 0 Å². The van der Waals surface area contributed by atoms with Crippen molar-refractivity contribution < 1.29 is 17.9 Å². The lowest BCUT2D eigenvalue weighted by atomic mass is 9.35. The summed E-state index contributed by atoms with van der Waals surface area (Å²) in [5, 5.41) is 5.19. The van der Waals surface area contributed by atoms with E-state index in [1.54, 1.807) is 6.07 Å². The van der Waals surface area contributed by atoms with E-state index in [4.69, 9.17) is 4.74 Å². The van der Waals surface area contributed by atoms with Crippen LogP contribution in [-0.2, 0) is 6.18 Å². The number of ether oxygens (including phenoxy) is 1. The fourth-order valence-corrected chi connectivity index (χ4v) is 14.7. The molecule has 51 heavy (non-hydrogen) atoms. The molecule has 0 N–H and O–H groups in total. The van der Waals surface area contributed by atoms with E-state index in [0.29, 0.717) is 17.0 Å². The van der Waals surface area contributed by atoms with Crippen LogP contribution in [0.5, 0.6) is 11.5 Å². The minimum absolute atomic E-state index is 0.385. The van der Waals surface area contributed by atoms with Gasteiger partial charge < -0.3 is 9.64 Å². The third-order valence-electron chi connectivity index (χ3n) is 10.5. The summed E-state index contributed by atoms with van der Waals surface area (Å²) in [4.78, 5) is 4.14. The Labute approximate surface area is 299 Å². The van der Waals surface area contributed by atoms with E-state index in [0.717, 1.165) is 37.8 Å². The van der Waals surface area contributed by atoms with E-state index in [2.05, 4.69) is 126 Å². The molecule has 0 radical (unpaired) electrons. The number of anilines is 3. The van der Waals surface area contributed by atoms with Gasteiger partial charge in [-0.3, -0.25) is 0 Å². The number of nitrogens with zero attached hydrogens (tertiary/aromatic N) is 1.